The lowest BCUT2D eigenvalue weighted by Gasteiger charge is -2.16. The first-order chi connectivity index (χ1) is 7.96. The Labute approximate surface area is 113 Å². The summed E-state index contributed by atoms with van der Waals surface area (Å²) in [4.78, 5) is 4.01. The van der Waals surface area contributed by atoms with E-state index in [9.17, 15) is 8.42 Å². The molecule has 2 rings (SSSR count). The maximum absolute atomic E-state index is 11.4. The van der Waals surface area contributed by atoms with Crippen molar-refractivity contribution in [3.63, 3.8) is 0 Å². The number of nitrogens with zero attached hydrogens (tertiary/aromatic N) is 1. The number of hydrogen-bond acceptors (Lipinski definition) is 5. The Hall–Kier alpha value is -0.440. The van der Waals surface area contributed by atoms with Crippen molar-refractivity contribution in [2.45, 2.75) is 11.4 Å². The highest BCUT2D eigenvalue weighted by molar-refractivity contribution is 7.91. The highest BCUT2D eigenvalue weighted by Gasteiger charge is 2.36. The third-order valence-corrected chi connectivity index (χ3v) is 5.54. The Morgan fingerprint density at radius 1 is 1.59 bits per heavy atom. The van der Waals surface area contributed by atoms with Crippen molar-refractivity contribution in [3.05, 3.63) is 11.6 Å². The van der Waals surface area contributed by atoms with E-state index >= 15 is 0 Å². The summed E-state index contributed by atoms with van der Waals surface area (Å²) in [6.45, 7) is 0. The van der Waals surface area contributed by atoms with Gasteiger partial charge in [0, 0.05) is 11.6 Å². The van der Waals surface area contributed by atoms with Gasteiger partial charge in [-0.15, -0.1) is 22.9 Å². The number of rotatable bonds is 2. The molecule has 0 spiro atoms. The molecule has 1 aromatic heterocycles. The molecule has 1 saturated heterocycles. The van der Waals surface area contributed by atoms with Crippen molar-refractivity contribution < 1.29 is 8.42 Å². The van der Waals surface area contributed by atoms with Gasteiger partial charge in [0.2, 0.25) is 0 Å². The van der Waals surface area contributed by atoms with Crippen molar-refractivity contribution in [1.82, 2.24) is 10.3 Å². The van der Waals surface area contributed by atoms with Crippen LogP contribution in [-0.4, -0.2) is 41.4 Å². The van der Waals surface area contributed by atoms with Gasteiger partial charge in [0.25, 0.3) is 0 Å². The minimum absolute atomic E-state index is 0.00785. The second kappa shape index (κ2) is 5.05. The molecule has 17 heavy (non-hydrogen) atoms. The molecule has 1 fully saturated rings. The Kier molecular flexibility index (Phi) is 3.86. The van der Waals surface area contributed by atoms with Crippen LogP contribution in [0.3, 0.4) is 0 Å². The van der Waals surface area contributed by atoms with Crippen LogP contribution < -0.4 is 10.6 Å². The first kappa shape index (κ1) is 13.0. The molecule has 1 aliphatic heterocycles. The van der Waals surface area contributed by atoms with Crippen molar-refractivity contribution in [1.29, 1.82) is 0 Å². The first-order valence-corrected chi connectivity index (χ1v) is 8.32. The van der Waals surface area contributed by atoms with Crippen LogP contribution in [0.25, 0.3) is 0 Å². The zero-order valence-corrected chi connectivity index (χ0v) is 11.8. The van der Waals surface area contributed by atoms with Crippen molar-refractivity contribution in [2.24, 2.45) is 0 Å². The van der Waals surface area contributed by atoms with Gasteiger partial charge < -0.3 is 10.6 Å². The number of hydrogen-bond donors (Lipinski definition) is 2. The number of halogens is 1. The van der Waals surface area contributed by atoms with Crippen LogP contribution in [0.2, 0.25) is 0 Å². The molecular weight excluding hydrogens is 302 g/mol. The second-order valence-electron chi connectivity index (χ2n) is 3.64. The summed E-state index contributed by atoms with van der Waals surface area (Å²) in [6.07, 6.45) is 1.65. The summed E-state index contributed by atoms with van der Waals surface area (Å²) in [7, 11) is -3.05. The molecular formula is C8H10ClN3O2S3. The van der Waals surface area contributed by atoms with Crippen LogP contribution in [0.15, 0.2) is 11.6 Å². The van der Waals surface area contributed by atoms with Crippen molar-refractivity contribution >= 4 is 55.2 Å². The van der Waals surface area contributed by atoms with Gasteiger partial charge in [0.15, 0.2) is 20.1 Å². The monoisotopic (exact) mass is 311 g/mol. The molecule has 1 aliphatic rings. The van der Waals surface area contributed by atoms with Crippen molar-refractivity contribution in [2.75, 3.05) is 16.8 Å². The molecule has 5 nitrogen and oxygen atoms in total. The van der Waals surface area contributed by atoms with Gasteiger partial charge in [-0.2, -0.15) is 0 Å². The average Bonchev–Trinajstić information content (AvgIpc) is 2.75. The normalized spacial score (nSPS) is 26.6. The van der Waals surface area contributed by atoms with Crippen LogP contribution in [-0.2, 0) is 9.84 Å². The van der Waals surface area contributed by atoms with Gasteiger partial charge >= 0.3 is 0 Å². The quantitative estimate of drug-likeness (QED) is 0.623. The molecule has 0 saturated carbocycles. The van der Waals surface area contributed by atoms with E-state index in [1.807, 2.05) is 5.38 Å². The zero-order chi connectivity index (χ0) is 12.5. The first-order valence-electron chi connectivity index (χ1n) is 4.78. The van der Waals surface area contributed by atoms with Crippen LogP contribution in [0.5, 0.6) is 0 Å². The van der Waals surface area contributed by atoms with Gasteiger partial charge in [-0.3, -0.25) is 0 Å². The van der Waals surface area contributed by atoms with Gasteiger partial charge in [-0.05, 0) is 12.2 Å². The minimum Gasteiger partial charge on any atom is -0.357 e. The fourth-order valence-corrected chi connectivity index (χ4v) is 4.92. The van der Waals surface area contributed by atoms with E-state index in [2.05, 4.69) is 15.6 Å². The van der Waals surface area contributed by atoms with Gasteiger partial charge in [0.1, 0.15) is 0 Å². The predicted octanol–water partition coefficient (Wildman–Crippen LogP) is 0.834. The van der Waals surface area contributed by atoms with E-state index in [1.165, 1.54) is 11.3 Å². The van der Waals surface area contributed by atoms with E-state index in [0.29, 0.717) is 10.2 Å². The lowest BCUT2D eigenvalue weighted by atomic mass is 10.3. The highest BCUT2D eigenvalue weighted by Crippen LogP contribution is 2.18. The Balaban J connectivity index is 1.91. The van der Waals surface area contributed by atoms with E-state index in [1.54, 1.807) is 6.20 Å². The molecule has 2 heterocycles. The lowest BCUT2D eigenvalue weighted by molar-refractivity contribution is 0.600. The average molecular weight is 312 g/mol. The number of nitrogens with one attached hydrogen (secondary N) is 2. The molecule has 0 bridgehead atoms. The maximum Gasteiger partial charge on any atom is 0.188 e. The minimum atomic E-state index is -3.05. The third kappa shape index (κ3) is 3.51. The standard InChI is InChI=1S/C8H10ClN3O2S3/c9-5-3-17(13,14)4-6(5)11-7(15)12-8-10-1-2-16-8/h1-2,5-6H,3-4H2,(H2,10,11,12,15)/t5-,6-/m0/s1. The van der Waals surface area contributed by atoms with Crippen LogP contribution >= 0.6 is 35.2 Å². The van der Waals surface area contributed by atoms with E-state index in [0.717, 1.165) is 0 Å². The number of thiazole rings is 1. The summed E-state index contributed by atoms with van der Waals surface area (Å²) >= 11 is 12.4. The fraction of sp³-hybridized carbons (Fsp3) is 0.500. The molecule has 1 aromatic rings. The summed E-state index contributed by atoms with van der Waals surface area (Å²) in [5.41, 5.74) is 0. The predicted molar refractivity (Wildman–Crippen MR) is 73.6 cm³/mol. The smallest absolute Gasteiger partial charge is 0.188 e. The van der Waals surface area contributed by atoms with Gasteiger partial charge in [0.05, 0.1) is 22.9 Å². The Bertz CT molecular complexity index is 502. The Morgan fingerprint density at radius 3 is 2.88 bits per heavy atom. The van der Waals surface area contributed by atoms with Gasteiger partial charge in [-0.1, -0.05) is 0 Å². The third-order valence-electron chi connectivity index (χ3n) is 2.25. The lowest BCUT2D eigenvalue weighted by Crippen LogP contribution is -2.42. The number of anilines is 1. The zero-order valence-electron chi connectivity index (χ0n) is 8.59. The van der Waals surface area contributed by atoms with Crippen LogP contribution in [0.1, 0.15) is 0 Å². The summed E-state index contributed by atoms with van der Waals surface area (Å²) in [5.74, 6) is 0.00689. The molecule has 2 N–H and O–H groups in total. The molecule has 0 aromatic carbocycles. The van der Waals surface area contributed by atoms with Gasteiger partial charge in [-0.25, -0.2) is 13.4 Å². The number of thiocarbonyl (C=S) groups is 1. The van der Waals surface area contributed by atoms with Crippen LogP contribution in [0, 0.1) is 0 Å². The molecule has 9 heteroatoms. The number of aromatic nitrogens is 1. The fourth-order valence-electron chi connectivity index (χ4n) is 1.52. The molecule has 94 valence electrons. The topological polar surface area (TPSA) is 71.1 Å². The summed E-state index contributed by atoms with van der Waals surface area (Å²) in [5, 5.41) is 8.14. The largest absolute Gasteiger partial charge is 0.357 e. The molecule has 2 atom stereocenters. The Morgan fingerprint density at radius 2 is 2.35 bits per heavy atom. The number of alkyl halides is 1. The highest BCUT2D eigenvalue weighted by atomic mass is 35.5. The molecule has 0 radical (unpaired) electrons. The summed E-state index contributed by atoms with van der Waals surface area (Å²) in [6, 6.07) is -0.346. The molecule has 0 aliphatic carbocycles. The molecule has 0 amide bonds. The maximum atomic E-state index is 11.4. The van der Waals surface area contributed by atoms with E-state index in [4.69, 9.17) is 23.8 Å². The van der Waals surface area contributed by atoms with Crippen molar-refractivity contribution in [3.8, 4) is 0 Å². The summed E-state index contributed by atoms with van der Waals surface area (Å²) < 4.78 is 22.7. The van der Waals surface area contributed by atoms with E-state index < -0.39 is 15.2 Å². The molecule has 0 unspecified atom stereocenters. The van der Waals surface area contributed by atoms with Crippen LogP contribution in [0.4, 0.5) is 5.13 Å². The SMILES string of the molecule is O=S1(=O)C[C@H](NC(=S)Nc2nccs2)[C@@H](Cl)C1. The number of sulfone groups is 1. The second-order valence-corrected chi connectivity index (χ2v) is 7.65. The van der Waals surface area contributed by atoms with E-state index in [-0.39, 0.29) is 17.5 Å².